The first kappa shape index (κ1) is 13.6. The Kier molecular flexibility index (Phi) is 4.40. The van der Waals surface area contributed by atoms with E-state index in [0.29, 0.717) is 16.2 Å². The van der Waals surface area contributed by atoms with Gasteiger partial charge in [-0.25, -0.2) is 0 Å². The van der Waals surface area contributed by atoms with Crippen LogP contribution in [-0.2, 0) is 6.54 Å². The molecular weight excluding hydrogens is 246 g/mol. The highest BCUT2D eigenvalue weighted by atomic mass is 32.2. The molecule has 1 fully saturated rings. The number of phenolic OH excluding ortho intramolecular Hbond substituents is 1. The summed E-state index contributed by atoms with van der Waals surface area (Å²) in [6.07, 6.45) is 0. The Morgan fingerprint density at radius 3 is 2.56 bits per heavy atom. The normalized spacial score (nSPS) is 25.1. The zero-order valence-corrected chi connectivity index (χ0v) is 12.0. The molecule has 0 unspecified atom stereocenters. The highest BCUT2D eigenvalue weighted by Gasteiger charge is 2.22. The summed E-state index contributed by atoms with van der Waals surface area (Å²) < 4.78 is 5.06. The predicted octanol–water partition coefficient (Wildman–Crippen LogP) is 2.73. The molecule has 0 bridgehead atoms. The Hall–Kier alpha value is -0.870. The standard InChI is InChI=1S/C14H21NO2S/c1-10-7-15(8-11(2)18-10)9-12-4-5-14(17-3)13(16)6-12/h4-6,10-11,16H,7-9H2,1-3H3/t10-,11+. The van der Waals surface area contributed by atoms with Crippen molar-refractivity contribution in [2.75, 3.05) is 20.2 Å². The Bertz CT molecular complexity index is 401. The SMILES string of the molecule is COc1ccc(CN2C[C@@H](C)S[C@@H](C)C2)cc1O. The van der Waals surface area contributed by atoms with Gasteiger partial charge in [0, 0.05) is 30.1 Å². The molecule has 1 aromatic rings. The van der Waals surface area contributed by atoms with Crippen LogP contribution in [-0.4, -0.2) is 40.7 Å². The maximum absolute atomic E-state index is 9.78. The Morgan fingerprint density at radius 2 is 2.00 bits per heavy atom. The second-order valence-corrected chi connectivity index (χ2v) is 6.84. The van der Waals surface area contributed by atoms with Crippen LogP contribution in [0.5, 0.6) is 11.5 Å². The fourth-order valence-corrected chi connectivity index (χ4v) is 3.89. The van der Waals surface area contributed by atoms with Gasteiger partial charge in [0.15, 0.2) is 11.5 Å². The summed E-state index contributed by atoms with van der Waals surface area (Å²) in [7, 11) is 1.57. The summed E-state index contributed by atoms with van der Waals surface area (Å²) in [6.45, 7) is 7.67. The molecule has 0 aromatic heterocycles. The third-order valence-corrected chi connectivity index (χ3v) is 4.37. The second kappa shape index (κ2) is 5.85. The molecule has 1 heterocycles. The number of aromatic hydroxyl groups is 1. The van der Waals surface area contributed by atoms with Crippen molar-refractivity contribution >= 4 is 11.8 Å². The summed E-state index contributed by atoms with van der Waals surface area (Å²) in [4.78, 5) is 2.45. The molecule has 0 spiro atoms. The molecule has 3 nitrogen and oxygen atoms in total. The number of methoxy groups -OCH3 is 1. The molecule has 2 rings (SSSR count). The fraction of sp³-hybridized carbons (Fsp3) is 0.571. The van der Waals surface area contributed by atoms with Crippen LogP contribution in [0, 0.1) is 0 Å². The van der Waals surface area contributed by atoms with Gasteiger partial charge in [0.1, 0.15) is 0 Å². The molecule has 0 saturated carbocycles. The van der Waals surface area contributed by atoms with Gasteiger partial charge in [-0.2, -0.15) is 11.8 Å². The Labute approximate surface area is 113 Å². The minimum atomic E-state index is 0.225. The molecule has 0 amide bonds. The van der Waals surface area contributed by atoms with Crippen molar-refractivity contribution in [3.8, 4) is 11.5 Å². The third kappa shape index (κ3) is 3.33. The van der Waals surface area contributed by atoms with Crippen molar-refractivity contribution in [3.63, 3.8) is 0 Å². The number of thioether (sulfide) groups is 1. The monoisotopic (exact) mass is 267 g/mol. The largest absolute Gasteiger partial charge is 0.504 e. The van der Waals surface area contributed by atoms with Crippen LogP contribution in [0.25, 0.3) is 0 Å². The minimum absolute atomic E-state index is 0.225. The van der Waals surface area contributed by atoms with Crippen LogP contribution in [0.4, 0.5) is 0 Å². The van der Waals surface area contributed by atoms with Crippen molar-refractivity contribution < 1.29 is 9.84 Å². The Morgan fingerprint density at radius 1 is 1.33 bits per heavy atom. The van der Waals surface area contributed by atoms with E-state index >= 15 is 0 Å². The van der Waals surface area contributed by atoms with Gasteiger partial charge >= 0.3 is 0 Å². The Balaban J connectivity index is 2.02. The van der Waals surface area contributed by atoms with E-state index in [4.69, 9.17) is 4.74 Å². The maximum atomic E-state index is 9.78. The predicted molar refractivity (Wildman–Crippen MR) is 76.5 cm³/mol. The maximum Gasteiger partial charge on any atom is 0.160 e. The lowest BCUT2D eigenvalue weighted by atomic mass is 10.1. The summed E-state index contributed by atoms with van der Waals surface area (Å²) in [6, 6.07) is 5.65. The van der Waals surface area contributed by atoms with E-state index < -0.39 is 0 Å². The molecule has 1 N–H and O–H groups in total. The van der Waals surface area contributed by atoms with E-state index in [2.05, 4.69) is 30.5 Å². The van der Waals surface area contributed by atoms with Gasteiger partial charge in [-0.05, 0) is 17.7 Å². The van der Waals surface area contributed by atoms with E-state index in [1.807, 2.05) is 12.1 Å². The lowest BCUT2D eigenvalue weighted by molar-refractivity contribution is 0.262. The smallest absolute Gasteiger partial charge is 0.160 e. The van der Waals surface area contributed by atoms with Crippen LogP contribution >= 0.6 is 11.8 Å². The summed E-state index contributed by atoms with van der Waals surface area (Å²) in [5, 5.41) is 11.1. The molecule has 4 heteroatoms. The highest BCUT2D eigenvalue weighted by molar-refractivity contribution is 8.00. The quantitative estimate of drug-likeness (QED) is 0.913. The van der Waals surface area contributed by atoms with Crippen molar-refractivity contribution in [2.45, 2.75) is 30.9 Å². The van der Waals surface area contributed by atoms with Gasteiger partial charge in [0.25, 0.3) is 0 Å². The van der Waals surface area contributed by atoms with Gasteiger partial charge in [-0.3, -0.25) is 4.90 Å². The molecular formula is C14H21NO2S. The molecule has 1 aromatic carbocycles. The molecule has 1 aliphatic heterocycles. The van der Waals surface area contributed by atoms with Gasteiger partial charge in [0.2, 0.25) is 0 Å². The van der Waals surface area contributed by atoms with E-state index in [9.17, 15) is 5.11 Å². The van der Waals surface area contributed by atoms with Crippen LogP contribution in [0.3, 0.4) is 0 Å². The van der Waals surface area contributed by atoms with E-state index in [-0.39, 0.29) is 5.75 Å². The molecule has 2 atom stereocenters. The van der Waals surface area contributed by atoms with Gasteiger partial charge in [-0.15, -0.1) is 0 Å². The number of nitrogens with zero attached hydrogens (tertiary/aromatic N) is 1. The fourth-order valence-electron chi connectivity index (χ4n) is 2.51. The zero-order valence-electron chi connectivity index (χ0n) is 11.2. The average molecular weight is 267 g/mol. The molecule has 100 valence electrons. The number of ether oxygens (including phenoxy) is 1. The van der Waals surface area contributed by atoms with E-state index in [1.165, 1.54) is 0 Å². The molecule has 0 aliphatic carbocycles. The van der Waals surface area contributed by atoms with E-state index in [1.54, 1.807) is 13.2 Å². The lowest BCUT2D eigenvalue weighted by Crippen LogP contribution is -2.39. The van der Waals surface area contributed by atoms with Crippen LogP contribution < -0.4 is 4.74 Å². The average Bonchev–Trinajstić information content (AvgIpc) is 2.27. The number of hydrogen-bond donors (Lipinski definition) is 1. The lowest BCUT2D eigenvalue weighted by Gasteiger charge is -2.34. The van der Waals surface area contributed by atoms with Crippen LogP contribution in [0.15, 0.2) is 18.2 Å². The molecule has 0 radical (unpaired) electrons. The minimum Gasteiger partial charge on any atom is -0.504 e. The molecule has 1 aliphatic rings. The summed E-state index contributed by atoms with van der Waals surface area (Å²) in [5.41, 5.74) is 1.14. The van der Waals surface area contributed by atoms with Crippen molar-refractivity contribution in [2.24, 2.45) is 0 Å². The first-order valence-corrected chi connectivity index (χ1v) is 7.26. The van der Waals surface area contributed by atoms with Crippen molar-refractivity contribution in [1.82, 2.24) is 4.90 Å². The van der Waals surface area contributed by atoms with Crippen LogP contribution in [0.1, 0.15) is 19.4 Å². The zero-order chi connectivity index (χ0) is 13.1. The summed E-state index contributed by atoms with van der Waals surface area (Å²) >= 11 is 2.05. The van der Waals surface area contributed by atoms with Gasteiger partial charge in [-0.1, -0.05) is 19.9 Å². The summed E-state index contributed by atoms with van der Waals surface area (Å²) in [5.74, 6) is 0.761. The number of hydrogen-bond acceptors (Lipinski definition) is 4. The first-order chi connectivity index (χ1) is 8.58. The topological polar surface area (TPSA) is 32.7 Å². The second-order valence-electron chi connectivity index (χ2n) is 4.96. The number of phenols is 1. The number of benzene rings is 1. The molecule has 18 heavy (non-hydrogen) atoms. The third-order valence-electron chi connectivity index (χ3n) is 3.14. The van der Waals surface area contributed by atoms with Crippen molar-refractivity contribution in [1.29, 1.82) is 0 Å². The van der Waals surface area contributed by atoms with Crippen LogP contribution in [0.2, 0.25) is 0 Å². The van der Waals surface area contributed by atoms with Gasteiger partial charge in [0.05, 0.1) is 7.11 Å². The van der Waals surface area contributed by atoms with Gasteiger partial charge < -0.3 is 9.84 Å². The van der Waals surface area contributed by atoms with E-state index in [0.717, 1.165) is 25.2 Å². The molecule has 1 saturated heterocycles. The number of rotatable bonds is 3. The van der Waals surface area contributed by atoms with Crippen molar-refractivity contribution in [3.05, 3.63) is 23.8 Å². The highest BCUT2D eigenvalue weighted by Crippen LogP contribution is 2.29. The first-order valence-electron chi connectivity index (χ1n) is 6.32.